The first-order chi connectivity index (χ1) is 14.8. The van der Waals surface area contributed by atoms with E-state index >= 15 is 0 Å². The van der Waals surface area contributed by atoms with Crippen molar-refractivity contribution in [3.05, 3.63) is 54.4 Å². The first-order valence-electron chi connectivity index (χ1n) is 10.4. The lowest BCUT2D eigenvalue weighted by Gasteiger charge is -2.37. The van der Waals surface area contributed by atoms with E-state index in [1.807, 2.05) is 28.9 Å². The molecular formula is C25H31N5O. The van der Waals surface area contributed by atoms with Gasteiger partial charge in [0.1, 0.15) is 0 Å². The van der Waals surface area contributed by atoms with Crippen LogP contribution < -0.4 is 11.1 Å². The number of nitrogens with zero attached hydrogens (tertiary/aromatic N) is 3. The summed E-state index contributed by atoms with van der Waals surface area (Å²) in [4.78, 5) is 14.5. The van der Waals surface area contributed by atoms with Crippen LogP contribution in [0.5, 0.6) is 0 Å². The van der Waals surface area contributed by atoms with Crippen molar-refractivity contribution in [1.29, 1.82) is 0 Å². The Morgan fingerprint density at radius 3 is 2.45 bits per heavy atom. The summed E-state index contributed by atoms with van der Waals surface area (Å²) < 4.78 is 1.82. The number of nitrogens with two attached hydrogens (primary N) is 1. The Kier molecular flexibility index (Phi) is 6.37. The molecule has 2 atom stereocenters. The molecule has 0 spiro atoms. The van der Waals surface area contributed by atoms with Gasteiger partial charge >= 0.3 is 0 Å². The van der Waals surface area contributed by atoms with Crippen molar-refractivity contribution in [1.82, 2.24) is 14.5 Å². The number of hydrogen-bond donors (Lipinski definition) is 2. The predicted octanol–water partition coefficient (Wildman–Crippen LogP) is 3.88. The largest absolute Gasteiger partial charge is 0.379 e. The smallest absolute Gasteiger partial charge is 0.252 e. The molecule has 6 nitrogen and oxygen atoms in total. The van der Waals surface area contributed by atoms with E-state index in [0.717, 1.165) is 35.2 Å². The second-order valence-electron chi connectivity index (χ2n) is 8.80. The molecule has 0 aliphatic heterocycles. The molecule has 1 aliphatic carbocycles. The van der Waals surface area contributed by atoms with Crippen LogP contribution in [0.25, 0.3) is 16.6 Å². The molecule has 0 radical (unpaired) electrons. The summed E-state index contributed by atoms with van der Waals surface area (Å²) in [6.45, 7) is 4.58. The predicted molar refractivity (Wildman–Crippen MR) is 127 cm³/mol. The monoisotopic (exact) mass is 417 g/mol. The topological polar surface area (TPSA) is 75.7 Å². The summed E-state index contributed by atoms with van der Waals surface area (Å²) in [6, 6.07) is 12.9. The van der Waals surface area contributed by atoms with Crippen LogP contribution in [0.2, 0.25) is 0 Å². The lowest BCUT2D eigenvalue weighted by molar-refractivity contribution is 0.100. The van der Waals surface area contributed by atoms with E-state index in [2.05, 4.69) is 74.3 Å². The number of fused-ring (bicyclic) bond motifs is 1. The van der Waals surface area contributed by atoms with Gasteiger partial charge in [0, 0.05) is 29.3 Å². The van der Waals surface area contributed by atoms with E-state index in [9.17, 15) is 4.79 Å². The van der Waals surface area contributed by atoms with Crippen molar-refractivity contribution >= 4 is 17.1 Å². The van der Waals surface area contributed by atoms with Crippen molar-refractivity contribution in [2.45, 2.75) is 38.8 Å². The van der Waals surface area contributed by atoms with Crippen molar-refractivity contribution in [2.75, 3.05) is 19.4 Å². The third-order valence-corrected chi connectivity index (χ3v) is 6.44. The minimum absolute atomic E-state index is 0.0491. The van der Waals surface area contributed by atoms with Gasteiger partial charge in [-0.2, -0.15) is 5.10 Å². The molecule has 0 unspecified atom stereocenters. The van der Waals surface area contributed by atoms with Crippen LogP contribution in [0.4, 0.5) is 5.69 Å². The van der Waals surface area contributed by atoms with Gasteiger partial charge < -0.3 is 16.0 Å². The molecule has 1 amide bonds. The fourth-order valence-electron chi connectivity index (χ4n) is 4.84. The third kappa shape index (κ3) is 4.14. The first-order valence-corrected chi connectivity index (χ1v) is 10.4. The number of amides is 1. The number of anilines is 1. The Morgan fingerprint density at radius 2 is 1.87 bits per heavy atom. The third-order valence-electron chi connectivity index (χ3n) is 6.44. The highest BCUT2D eigenvalue weighted by Gasteiger charge is 2.44. The molecule has 31 heavy (non-hydrogen) atoms. The average Bonchev–Trinajstić information content (AvgIpc) is 3.31. The number of benzene rings is 1. The van der Waals surface area contributed by atoms with Crippen LogP contribution in [-0.4, -0.2) is 46.6 Å². The molecule has 162 valence electrons. The minimum Gasteiger partial charge on any atom is -0.379 e. The highest BCUT2D eigenvalue weighted by Crippen LogP contribution is 2.42. The Balaban J connectivity index is 0.00000132. The lowest BCUT2D eigenvalue weighted by atomic mass is 9.83. The fourth-order valence-corrected chi connectivity index (χ4v) is 4.84. The molecule has 4 rings (SSSR count). The highest BCUT2D eigenvalue weighted by molar-refractivity contribution is 6.02. The van der Waals surface area contributed by atoms with E-state index in [0.29, 0.717) is 11.6 Å². The van der Waals surface area contributed by atoms with E-state index in [4.69, 9.17) is 5.73 Å². The molecule has 2 heterocycles. The van der Waals surface area contributed by atoms with Gasteiger partial charge in [0.05, 0.1) is 23.0 Å². The van der Waals surface area contributed by atoms with E-state index in [1.54, 1.807) is 6.20 Å². The van der Waals surface area contributed by atoms with Gasteiger partial charge in [-0.25, -0.2) is 4.52 Å². The van der Waals surface area contributed by atoms with Crippen LogP contribution in [0.3, 0.4) is 0 Å². The summed E-state index contributed by atoms with van der Waals surface area (Å²) in [5, 5.41) is 8.12. The van der Waals surface area contributed by atoms with Crippen LogP contribution in [0.1, 0.15) is 37.0 Å². The Morgan fingerprint density at radius 1 is 1.19 bits per heavy atom. The summed E-state index contributed by atoms with van der Waals surface area (Å²) in [5.74, 6) is -0.468. The number of terminal acetylenes is 1. The zero-order chi connectivity index (χ0) is 22.8. The van der Waals surface area contributed by atoms with Crippen LogP contribution in [0, 0.1) is 18.3 Å². The standard InChI is InChI=1S/C23H29N5O.C2H2/c1-23(2)19(10-11-20(23)27(3)4)26-21-17(22(24)29)13-25-28-14-16(12-18(21)28)15-8-6-5-7-9-15;1-2/h5-9,12-14,19-20,26H,10-11H2,1-4H3,(H2,24,29);1-2H/t19-,20+;/m1./s1. The molecule has 3 N–H and O–H groups in total. The summed E-state index contributed by atoms with van der Waals surface area (Å²) in [7, 11) is 4.26. The molecule has 1 saturated carbocycles. The molecule has 1 aromatic carbocycles. The molecule has 1 aliphatic rings. The van der Waals surface area contributed by atoms with Gasteiger partial charge in [-0.3, -0.25) is 4.79 Å². The maximum atomic E-state index is 12.2. The molecule has 0 saturated heterocycles. The number of rotatable bonds is 5. The van der Waals surface area contributed by atoms with Gasteiger partial charge in [-0.15, -0.1) is 12.8 Å². The molecule has 2 aromatic heterocycles. The second kappa shape index (κ2) is 8.83. The normalized spacial score (nSPS) is 19.7. The van der Waals surface area contributed by atoms with E-state index < -0.39 is 5.91 Å². The van der Waals surface area contributed by atoms with E-state index in [-0.39, 0.29) is 11.5 Å². The molecular weight excluding hydrogens is 386 g/mol. The van der Waals surface area contributed by atoms with Gasteiger partial charge in [0.2, 0.25) is 0 Å². The molecule has 6 heteroatoms. The number of carbonyl (C=O) groups excluding carboxylic acids is 1. The van der Waals surface area contributed by atoms with Gasteiger partial charge in [0.15, 0.2) is 0 Å². The van der Waals surface area contributed by atoms with Crippen molar-refractivity contribution in [3.63, 3.8) is 0 Å². The number of primary amides is 1. The Bertz CT molecular complexity index is 1080. The van der Waals surface area contributed by atoms with Crippen molar-refractivity contribution in [2.24, 2.45) is 11.1 Å². The molecule has 0 bridgehead atoms. The quantitative estimate of drug-likeness (QED) is 0.618. The van der Waals surface area contributed by atoms with E-state index in [1.165, 1.54) is 0 Å². The number of nitrogens with one attached hydrogen (secondary N) is 1. The number of carbonyl (C=O) groups is 1. The van der Waals surface area contributed by atoms with Gasteiger partial charge in [0.25, 0.3) is 5.91 Å². The van der Waals surface area contributed by atoms with Crippen LogP contribution in [-0.2, 0) is 0 Å². The summed E-state index contributed by atoms with van der Waals surface area (Å²) in [6.07, 6.45) is 13.7. The van der Waals surface area contributed by atoms with Crippen molar-refractivity contribution in [3.8, 4) is 24.0 Å². The highest BCUT2D eigenvalue weighted by atomic mass is 16.1. The second-order valence-corrected chi connectivity index (χ2v) is 8.80. The average molecular weight is 418 g/mol. The SMILES string of the molecule is C#C.CN(C)[C@H]1CC[C@@H](Nc2c(C(N)=O)cnn3cc(-c4ccccc4)cc23)C1(C)C. The van der Waals surface area contributed by atoms with Crippen LogP contribution in [0.15, 0.2) is 48.8 Å². The fraction of sp³-hybridized carbons (Fsp3) is 0.360. The maximum absolute atomic E-state index is 12.2. The molecule has 1 fully saturated rings. The Labute approximate surface area is 184 Å². The first kappa shape index (κ1) is 22.4. The number of aromatic nitrogens is 2. The van der Waals surface area contributed by atoms with Gasteiger partial charge in [-0.1, -0.05) is 44.2 Å². The van der Waals surface area contributed by atoms with Gasteiger partial charge in [-0.05, 0) is 38.6 Å². The minimum atomic E-state index is -0.468. The Hall–Kier alpha value is -3.30. The zero-order valence-electron chi connectivity index (χ0n) is 18.7. The van der Waals surface area contributed by atoms with Crippen LogP contribution >= 0.6 is 0 Å². The molecule has 3 aromatic rings. The lowest BCUT2D eigenvalue weighted by Crippen LogP contribution is -2.44. The summed E-state index contributed by atoms with van der Waals surface area (Å²) >= 11 is 0. The summed E-state index contributed by atoms with van der Waals surface area (Å²) in [5.41, 5.74) is 9.98. The zero-order valence-corrected chi connectivity index (χ0v) is 18.7. The van der Waals surface area contributed by atoms with Crippen molar-refractivity contribution < 1.29 is 4.79 Å². The maximum Gasteiger partial charge on any atom is 0.252 e. The number of hydrogen-bond acceptors (Lipinski definition) is 4.